The fourth-order valence-electron chi connectivity index (χ4n) is 0.917. The summed E-state index contributed by atoms with van der Waals surface area (Å²) in [7, 11) is -0.724. The summed E-state index contributed by atoms with van der Waals surface area (Å²) in [6, 6.07) is 0.271. The molecular weight excluding hydrogens is 238 g/mol. The number of nitrogens with zero attached hydrogens (tertiary/aromatic N) is 1. The third kappa shape index (κ3) is 4.30. The van der Waals surface area contributed by atoms with E-state index in [0.29, 0.717) is 9.71 Å². The summed E-state index contributed by atoms with van der Waals surface area (Å²) < 4.78 is 11.5. The van der Waals surface area contributed by atoms with Crippen molar-refractivity contribution < 1.29 is 4.21 Å². The predicted molar refractivity (Wildman–Crippen MR) is 63.9 cm³/mol. The Morgan fingerprint density at radius 2 is 2.50 bits per heavy atom. The van der Waals surface area contributed by atoms with Crippen LogP contribution >= 0.6 is 23.6 Å². The summed E-state index contributed by atoms with van der Waals surface area (Å²) in [6.07, 6.45) is 2.58. The van der Waals surface area contributed by atoms with Gasteiger partial charge in [-0.1, -0.05) is 11.3 Å². The minimum Gasteiger partial charge on any atom is -0.358 e. The second kappa shape index (κ2) is 5.57. The summed E-state index contributed by atoms with van der Waals surface area (Å²) >= 11 is 6.32. The first-order valence-corrected chi connectivity index (χ1v) is 7.15. The molecule has 0 saturated heterocycles. The first-order valence-electron chi connectivity index (χ1n) is 4.20. The topological polar surface area (TPSA) is 57.8 Å². The van der Waals surface area contributed by atoms with E-state index >= 15 is 0 Å². The lowest BCUT2D eigenvalue weighted by Crippen LogP contribution is -2.17. The van der Waals surface area contributed by atoms with Crippen LogP contribution < -0.4 is 5.32 Å². The van der Waals surface area contributed by atoms with Crippen LogP contribution in [0.25, 0.3) is 0 Å². The maximum absolute atomic E-state index is 10.9. The van der Waals surface area contributed by atoms with Crippen LogP contribution in [-0.2, 0) is 10.8 Å². The van der Waals surface area contributed by atoms with Gasteiger partial charge >= 0.3 is 0 Å². The van der Waals surface area contributed by atoms with Crippen LogP contribution in [0.4, 0.5) is 5.13 Å². The molecule has 14 heavy (non-hydrogen) atoms. The van der Waals surface area contributed by atoms with Gasteiger partial charge in [0.25, 0.3) is 0 Å². The van der Waals surface area contributed by atoms with Crippen molar-refractivity contribution in [3.05, 3.63) is 3.95 Å². The molecule has 1 aromatic heterocycles. The van der Waals surface area contributed by atoms with Gasteiger partial charge in [-0.2, -0.15) is 0 Å². The van der Waals surface area contributed by atoms with E-state index in [2.05, 4.69) is 15.5 Å². The van der Waals surface area contributed by atoms with Gasteiger partial charge in [-0.3, -0.25) is 9.31 Å². The number of hydrogen-bond donors (Lipinski definition) is 2. The standard InChI is InChI=1S/C7H13N3OS3/c1-5(3-4-14(2)11)8-6-9-10-7(12)13-6/h5H,3-4H2,1-2H3,(H,8,9)(H,10,12). The van der Waals surface area contributed by atoms with Crippen molar-refractivity contribution >= 4 is 39.5 Å². The molecule has 2 unspecified atom stereocenters. The minimum absolute atomic E-state index is 0.271. The summed E-state index contributed by atoms with van der Waals surface area (Å²) in [5, 5.41) is 10.7. The number of H-pyrrole nitrogens is 1. The first kappa shape index (κ1) is 11.8. The van der Waals surface area contributed by atoms with Crippen LogP contribution in [-0.4, -0.2) is 32.5 Å². The van der Waals surface area contributed by atoms with E-state index in [0.717, 1.165) is 11.6 Å². The molecule has 0 aliphatic rings. The van der Waals surface area contributed by atoms with Crippen molar-refractivity contribution in [2.45, 2.75) is 19.4 Å². The second-order valence-electron chi connectivity index (χ2n) is 3.03. The number of aromatic amines is 1. The molecule has 0 saturated carbocycles. The highest BCUT2D eigenvalue weighted by atomic mass is 32.2. The molecule has 7 heteroatoms. The third-order valence-electron chi connectivity index (χ3n) is 1.65. The van der Waals surface area contributed by atoms with Gasteiger partial charge in [0.15, 0.2) is 3.95 Å². The van der Waals surface area contributed by atoms with Gasteiger partial charge < -0.3 is 5.32 Å². The molecular formula is C7H13N3OS3. The van der Waals surface area contributed by atoms with Crippen molar-refractivity contribution in [2.24, 2.45) is 0 Å². The van der Waals surface area contributed by atoms with E-state index < -0.39 is 10.8 Å². The van der Waals surface area contributed by atoms with E-state index in [1.54, 1.807) is 6.26 Å². The van der Waals surface area contributed by atoms with E-state index in [1.165, 1.54) is 11.3 Å². The van der Waals surface area contributed by atoms with E-state index in [-0.39, 0.29) is 6.04 Å². The number of rotatable bonds is 5. The van der Waals surface area contributed by atoms with Crippen LogP contribution in [0.15, 0.2) is 0 Å². The fraction of sp³-hybridized carbons (Fsp3) is 0.714. The third-order valence-corrected chi connectivity index (χ3v) is 3.48. The van der Waals surface area contributed by atoms with Gasteiger partial charge in [0.2, 0.25) is 5.13 Å². The van der Waals surface area contributed by atoms with Gasteiger partial charge in [0, 0.05) is 28.9 Å². The lowest BCUT2D eigenvalue weighted by Gasteiger charge is -2.10. The molecule has 0 aliphatic carbocycles. The summed E-state index contributed by atoms with van der Waals surface area (Å²) in [6.45, 7) is 2.04. The molecule has 1 heterocycles. The smallest absolute Gasteiger partial charge is 0.204 e. The molecule has 80 valence electrons. The normalized spacial score (nSPS) is 15.0. The first-order chi connectivity index (χ1) is 6.58. The van der Waals surface area contributed by atoms with Gasteiger partial charge in [-0.05, 0) is 25.6 Å². The Morgan fingerprint density at radius 3 is 3.00 bits per heavy atom. The SMILES string of the molecule is CC(CCS(C)=O)Nc1n[nH]c(=S)s1. The van der Waals surface area contributed by atoms with Crippen molar-refractivity contribution in [1.82, 2.24) is 10.2 Å². The molecule has 1 rings (SSSR count). The van der Waals surface area contributed by atoms with Crippen LogP contribution in [0.5, 0.6) is 0 Å². The lowest BCUT2D eigenvalue weighted by atomic mass is 10.3. The molecule has 0 amide bonds. The van der Waals surface area contributed by atoms with E-state index in [9.17, 15) is 4.21 Å². The van der Waals surface area contributed by atoms with Gasteiger partial charge in [0.1, 0.15) is 0 Å². The lowest BCUT2D eigenvalue weighted by molar-refractivity contribution is 0.678. The molecule has 2 N–H and O–H groups in total. The van der Waals surface area contributed by atoms with Crippen LogP contribution in [0.3, 0.4) is 0 Å². The van der Waals surface area contributed by atoms with Crippen molar-refractivity contribution in [2.75, 3.05) is 17.3 Å². The number of anilines is 1. The molecule has 2 atom stereocenters. The Bertz CT molecular complexity index is 359. The predicted octanol–water partition coefficient (Wildman–Crippen LogP) is 1.77. The van der Waals surface area contributed by atoms with Gasteiger partial charge in [-0.25, -0.2) is 0 Å². The Balaban J connectivity index is 2.37. The Morgan fingerprint density at radius 1 is 1.79 bits per heavy atom. The van der Waals surface area contributed by atoms with Crippen molar-refractivity contribution in [1.29, 1.82) is 0 Å². The van der Waals surface area contributed by atoms with E-state index in [4.69, 9.17) is 12.2 Å². The maximum atomic E-state index is 10.9. The highest BCUT2D eigenvalue weighted by Gasteiger charge is 2.05. The van der Waals surface area contributed by atoms with E-state index in [1.807, 2.05) is 6.92 Å². The summed E-state index contributed by atoms with van der Waals surface area (Å²) in [5.74, 6) is 0.712. The Kier molecular flexibility index (Phi) is 4.70. The molecule has 0 aromatic carbocycles. The zero-order valence-corrected chi connectivity index (χ0v) is 10.5. The number of hydrogen-bond acceptors (Lipinski definition) is 5. The molecule has 0 aliphatic heterocycles. The maximum Gasteiger partial charge on any atom is 0.204 e. The van der Waals surface area contributed by atoms with Gasteiger partial charge in [-0.15, -0.1) is 5.10 Å². The van der Waals surface area contributed by atoms with Crippen LogP contribution in [0.2, 0.25) is 0 Å². The molecule has 0 spiro atoms. The van der Waals surface area contributed by atoms with Gasteiger partial charge in [0.05, 0.1) is 0 Å². The zero-order chi connectivity index (χ0) is 10.6. The molecule has 0 fully saturated rings. The summed E-state index contributed by atoms with van der Waals surface area (Å²) in [5.41, 5.74) is 0. The number of aromatic nitrogens is 2. The number of nitrogens with one attached hydrogen (secondary N) is 2. The zero-order valence-electron chi connectivity index (χ0n) is 8.07. The monoisotopic (exact) mass is 251 g/mol. The van der Waals surface area contributed by atoms with Crippen molar-refractivity contribution in [3.8, 4) is 0 Å². The Hall–Kier alpha value is -0.270. The quantitative estimate of drug-likeness (QED) is 0.783. The second-order valence-corrected chi connectivity index (χ2v) is 6.25. The molecule has 1 aromatic rings. The van der Waals surface area contributed by atoms with Crippen LogP contribution in [0, 0.1) is 3.95 Å². The average molecular weight is 251 g/mol. The molecule has 0 radical (unpaired) electrons. The van der Waals surface area contributed by atoms with Crippen molar-refractivity contribution in [3.63, 3.8) is 0 Å². The average Bonchev–Trinajstić information content (AvgIpc) is 2.48. The highest BCUT2D eigenvalue weighted by Crippen LogP contribution is 2.12. The largest absolute Gasteiger partial charge is 0.358 e. The Labute approximate surface area is 94.6 Å². The molecule has 4 nitrogen and oxygen atoms in total. The minimum atomic E-state index is -0.724. The molecule has 0 bridgehead atoms. The summed E-state index contributed by atoms with van der Waals surface area (Å²) in [4.78, 5) is 0. The highest BCUT2D eigenvalue weighted by molar-refractivity contribution is 7.84. The fourth-order valence-corrected chi connectivity index (χ4v) is 2.50. The van der Waals surface area contributed by atoms with Crippen LogP contribution in [0.1, 0.15) is 13.3 Å².